The summed E-state index contributed by atoms with van der Waals surface area (Å²) >= 11 is 13.1. The Morgan fingerprint density at radius 3 is 1.93 bits per heavy atom. The van der Waals surface area contributed by atoms with Crippen LogP contribution in [0.15, 0.2) is 77.7 Å². The van der Waals surface area contributed by atoms with Gasteiger partial charge in [-0.1, -0.05) is 35.3 Å². The average molecular weight is 481 g/mol. The lowest BCUT2D eigenvalue weighted by Gasteiger charge is -2.10. The fourth-order valence-electron chi connectivity index (χ4n) is 2.49. The number of sulfonamides is 1. The van der Waals surface area contributed by atoms with Crippen LogP contribution in [-0.2, 0) is 20.6 Å². The Hall–Kier alpha value is -2.19. The highest BCUT2D eigenvalue weighted by Crippen LogP contribution is 2.20. The van der Waals surface area contributed by atoms with Gasteiger partial charge < -0.3 is 5.32 Å². The molecule has 0 radical (unpaired) electrons. The summed E-state index contributed by atoms with van der Waals surface area (Å²) in [6, 6.07) is 19.8. The summed E-state index contributed by atoms with van der Waals surface area (Å²) in [5.74, 6) is 0.808. The zero-order valence-corrected chi connectivity index (χ0v) is 18.8. The number of amides is 1. The fraction of sp³-hybridized carbons (Fsp3) is 0.0952. The van der Waals surface area contributed by atoms with Crippen LogP contribution in [0.1, 0.15) is 5.56 Å². The number of hydrogen-bond acceptors (Lipinski definition) is 4. The smallest absolute Gasteiger partial charge is 0.261 e. The first-order valence-corrected chi connectivity index (χ1v) is 12.2. The van der Waals surface area contributed by atoms with E-state index in [1.165, 1.54) is 23.9 Å². The van der Waals surface area contributed by atoms with Crippen molar-refractivity contribution in [1.82, 2.24) is 0 Å². The maximum Gasteiger partial charge on any atom is 0.261 e. The van der Waals surface area contributed by atoms with Crippen molar-refractivity contribution in [3.63, 3.8) is 0 Å². The Kier molecular flexibility index (Phi) is 7.66. The maximum absolute atomic E-state index is 12.5. The number of anilines is 2. The molecule has 0 aromatic heterocycles. The minimum Gasteiger partial charge on any atom is -0.325 e. The predicted octanol–water partition coefficient (Wildman–Crippen LogP) is 5.67. The largest absolute Gasteiger partial charge is 0.325 e. The molecule has 0 aliphatic rings. The second-order valence-electron chi connectivity index (χ2n) is 6.30. The van der Waals surface area contributed by atoms with Crippen molar-refractivity contribution in [2.24, 2.45) is 0 Å². The summed E-state index contributed by atoms with van der Waals surface area (Å²) in [7, 11) is -3.74. The zero-order valence-electron chi connectivity index (χ0n) is 15.6. The molecule has 156 valence electrons. The van der Waals surface area contributed by atoms with E-state index in [1.54, 1.807) is 36.4 Å². The van der Waals surface area contributed by atoms with Gasteiger partial charge in [0, 0.05) is 27.2 Å². The summed E-state index contributed by atoms with van der Waals surface area (Å²) in [5, 5.41) is 3.96. The highest BCUT2D eigenvalue weighted by molar-refractivity contribution is 7.99. The van der Waals surface area contributed by atoms with Gasteiger partial charge in [-0.2, -0.15) is 0 Å². The molecule has 30 heavy (non-hydrogen) atoms. The Morgan fingerprint density at radius 2 is 1.33 bits per heavy atom. The fourth-order valence-corrected chi connectivity index (χ4v) is 4.59. The Morgan fingerprint density at radius 1 is 0.800 bits per heavy atom. The Balaban J connectivity index is 1.52. The van der Waals surface area contributed by atoms with Crippen molar-refractivity contribution in [3.8, 4) is 0 Å². The van der Waals surface area contributed by atoms with Crippen LogP contribution in [0.25, 0.3) is 0 Å². The molecular formula is C21H18Cl2N2O3S2. The molecule has 0 spiro atoms. The standard InChI is InChI=1S/C21H18Cl2N2O3S2/c22-16-3-1-15(2-4-16)13-29-14-21(26)24-18-9-11-20(12-10-18)30(27,28)25-19-7-5-17(23)6-8-19/h1-12,25H,13-14H2,(H,24,26). The minimum atomic E-state index is -3.74. The molecule has 2 N–H and O–H groups in total. The number of benzene rings is 3. The van der Waals surface area contributed by atoms with Gasteiger partial charge in [0.05, 0.1) is 10.6 Å². The highest BCUT2D eigenvalue weighted by Gasteiger charge is 2.14. The summed E-state index contributed by atoms with van der Waals surface area (Å²) in [4.78, 5) is 12.2. The van der Waals surface area contributed by atoms with Gasteiger partial charge in [-0.25, -0.2) is 8.42 Å². The molecule has 9 heteroatoms. The van der Waals surface area contributed by atoms with E-state index in [9.17, 15) is 13.2 Å². The Bertz CT molecular complexity index is 1100. The maximum atomic E-state index is 12.5. The minimum absolute atomic E-state index is 0.0903. The normalized spacial score (nSPS) is 11.1. The molecule has 3 aromatic carbocycles. The summed E-state index contributed by atoms with van der Waals surface area (Å²) < 4.78 is 27.4. The molecule has 1 amide bonds. The molecule has 0 fully saturated rings. The van der Waals surface area contributed by atoms with Crippen molar-refractivity contribution >= 4 is 62.3 Å². The quantitative estimate of drug-likeness (QED) is 0.435. The van der Waals surface area contributed by atoms with Gasteiger partial charge in [0.1, 0.15) is 0 Å². The lowest BCUT2D eigenvalue weighted by atomic mass is 10.2. The zero-order chi connectivity index (χ0) is 21.6. The third-order valence-electron chi connectivity index (χ3n) is 3.96. The number of rotatable bonds is 8. The van der Waals surface area contributed by atoms with Gasteiger partial charge in [-0.05, 0) is 66.2 Å². The summed E-state index contributed by atoms with van der Waals surface area (Å²) in [5.41, 5.74) is 2.02. The molecule has 5 nitrogen and oxygen atoms in total. The van der Waals surface area contributed by atoms with Crippen LogP contribution >= 0.6 is 35.0 Å². The van der Waals surface area contributed by atoms with Crippen molar-refractivity contribution in [3.05, 3.63) is 88.4 Å². The van der Waals surface area contributed by atoms with E-state index in [2.05, 4.69) is 10.0 Å². The molecular weight excluding hydrogens is 463 g/mol. The van der Waals surface area contributed by atoms with E-state index in [-0.39, 0.29) is 16.6 Å². The van der Waals surface area contributed by atoms with Gasteiger partial charge >= 0.3 is 0 Å². The van der Waals surface area contributed by atoms with Crippen LogP contribution in [0.4, 0.5) is 11.4 Å². The molecule has 0 bridgehead atoms. The van der Waals surface area contributed by atoms with Crippen LogP contribution in [0.2, 0.25) is 10.0 Å². The number of carbonyl (C=O) groups excluding carboxylic acids is 1. The van der Waals surface area contributed by atoms with Crippen LogP contribution in [-0.4, -0.2) is 20.1 Å². The van der Waals surface area contributed by atoms with Crippen molar-refractivity contribution in [1.29, 1.82) is 0 Å². The summed E-state index contributed by atoms with van der Waals surface area (Å²) in [6.07, 6.45) is 0. The molecule has 3 rings (SSSR count). The predicted molar refractivity (Wildman–Crippen MR) is 125 cm³/mol. The first kappa shape index (κ1) is 22.5. The van der Waals surface area contributed by atoms with Gasteiger partial charge in [0.25, 0.3) is 10.0 Å². The second-order valence-corrected chi connectivity index (χ2v) is 9.85. The van der Waals surface area contributed by atoms with Gasteiger partial charge in [0.15, 0.2) is 0 Å². The molecule has 0 aliphatic carbocycles. The van der Waals surface area contributed by atoms with E-state index in [4.69, 9.17) is 23.2 Å². The van der Waals surface area contributed by atoms with Crippen LogP contribution in [0.5, 0.6) is 0 Å². The molecule has 0 saturated heterocycles. The molecule has 0 unspecified atom stereocenters. The highest BCUT2D eigenvalue weighted by atomic mass is 35.5. The SMILES string of the molecule is O=C(CSCc1ccc(Cl)cc1)Nc1ccc(S(=O)(=O)Nc2ccc(Cl)cc2)cc1. The molecule has 0 atom stereocenters. The number of halogens is 2. The molecule has 3 aromatic rings. The first-order chi connectivity index (χ1) is 14.3. The van der Waals surface area contributed by atoms with E-state index in [0.717, 1.165) is 5.56 Å². The molecule has 0 heterocycles. The monoisotopic (exact) mass is 480 g/mol. The summed E-state index contributed by atoms with van der Waals surface area (Å²) in [6.45, 7) is 0. The lowest BCUT2D eigenvalue weighted by Crippen LogP contribution is -2.15. The van der Waals surface area contributed by atoms with E-state index in [0.29, 0.717) is 27.2 Å². The van der Waals surface area contributed by atoms with Crippen molar-refractivity contribution in [2.45, 2.75) is 10.6 Å². The third kappa shape index (κ3) is 6.67. The average Bonchev–Trinajstić information content (AvgIpc) is 2.71. The van der Waals surface area contributed by atoms with E-state index >= 15 is 0 Å². The second kappa shape index (κ2) is 10.2. The number of carbonyl (C=O) groups is 1. The van der Waals surface area contributed by atoms with Crippen LogP contribution in [0, 0.1) is 0 Å². The van der Waals surface area contributed by atoms with E-state index in [1.807, 2.05) is 24.3 Å². The van der Waals surface area contributed by atoms with Gasteiger partial charge in [-0.3, -0.25) is 9.52 Å². The lowest BCUT2D eigenvalue weighted by molar-refractivity contribution is -0.113. The van der Waals surface area contributed by atoms with E-state index < -0.39 is 10.0 Å². The van der Waals surface area contributed by atoms with Crippen LogP contribution < -0.4 is 10.0 Å². The van der Waals surface area contributed by atoms with Crippen molar-refractivity contribution in [2.75, 3.05) is 15.8 Å². The number of nitrogens with one attached hydrogen (secondary N) is 2. The molecule has 0 saturated carbocycles. The molecule has 0 aliphatic heterocycles. The first-order valence-electron chi connectivity index (χ1n) is 8.82. The van der Waals surface area contributed by atoms with Crippen LogP contribution in [0.3, 0.4) is 0 Å². The topological polar surface area (TPSA) is 75.3 Å². The Labute approximate surface area is 189 Å². The van der Waals surface area contributed by atoms with Gasteiger partial charge in [0.2, 0.25) is 5.91 Å². The number of hydrogen-bond donors (Lipinski definition) is 2. The van der Waals surface area contributed by atoms with Crippen molar-refractivity contribution < 1.29 is 13.2 Å². The van der Waals surface area contributed by atoms with Gasteiger partial charge in [-0.15, -0.1) is 11.8 Å². The third-order valence-corrected chi connectivity index (χ3v) is 6.86. The number of thioether (sulfide) groups is 1.